The van der Waals surface area contributed by atoms with Crippen molar-refractivity contribution in [3.8, 4) is 17.6 Å². The van der Waals surface area contributed by atoms with E-state index in [1.807, 2.05) is 16.7 Å². The average Bonchev–Trinajstić information content (AvgIpc) is 2.75. The standard InChI is InChI=1S/C15H17N3O2/c1-15(2,3)14-17-10-8-12-13(20-7-6-19-12)9-11(10)18(14)5-4-16/h8-9H,5-7H2,1-3H3. The summed E-state index contributed by atoms with van der Waals surface area (Å²) in [4.78, 5) is 4.69. The highest BCUT2D eigenvalue weighted by Gasteiger charge is 2.24. The number of rotatable bonds is 1. The molecule has 0 N–H and O–H groups in total. The number of hydrogen-bond donors (Lipinski definition) is 0. The third kappa shape index (κ3) is 1.97. The number of ether oxygens (including phenoxy) is 2. The van der Waals surface area contributed by atoms with Crippen LogP contribution in [0.2, 0.25) is 0 Å². The Morgan fingerprint density at radius 1 is 1.25 bits per heavy atom. The molecular formula is C15H17N3O2. The van der Waals surface area contributed by atoms with Crippen molar-refractivity contribution >= 4 is 11.0 Å². The van der Waals surface area contributed by atoms with Crippen LogP contribution in [0.25, 0.3) is 11.0 Å². The molecule has 0 saturated carbocycles. The smallest absolute Gasteiger partial charge is 0.163 e. The van der Waals surface area contributed by atoms with E-state index in [9.17, 15) is 0 Å². The van der Waals surface area contributed by atoms with Gasteiger partial charge in [-0.1, -0.05) is 20.8 Å². The monoisotopic (exact) mass is 271 g/mol. The second kappa shape index (κ2) is 4.41. The van der Waals surface area contributed by atoms with Gasteiger partial charge in [0.05, 0.1) is 17.1 Å². The molecule has 20 heavy (non-hydrogen) atoms. The van der Waals surface area contributed by atoms with Crippen molar-refractivity contribution in [2.75, 3.05) is 13.2 Å². The van der Waals surface area contributed by atoms with Gasteiger partial charge in [0.1, 0.15) is 25.6 Å². The van der Waals surface area contributed by atoms with Gasteiger partial charge in [-0.15, -0.1) is 0 Å². The first kappa shape index (κ1) is 12.8. The highest BCUT2D eigenvalue weighted by molar-refractivity contribution is 5.81. The van der Waals surface area contributed by atoms with E-state index >= 15 is 0 Å². The molecule has 0 spiro atoms. The zero-order valence-electron chi connectivity index (χ0n) is 11.9. The summed E-state index contributed by atoms with van der Waals surface area (Å²) in [6, 6.07) is 6.02. The van der Waals surface area contributed by atoms with E-state index in [-0.39, 0.29) is 12.0 Å². The van der Waals surface area contributed by atoms with E-state index in [1.165, 1.54) is 0 Å². The van der Waals surface area contributed by atoms with Crippen LogP contribution in [0.1, 0.15) is 26.6 Å². The number of benzene rings is 1. The minimum atomic E-state index is -0.127. The summed E-state index contributed by atoms with van der Waals surface area (Å²) in [7, 11) is 0. The maximum Gasteiger partial charge on any atom is 0.163 e. The number of hydrogen-bond acceptors (Lipinski definition) is 4. The molecule has 1 aromatic carbocycles. The minimum absolute atomic E-state index is 0.127. The zero-order valence-corrected chi connectivity index (χ0v) is 11.9. The SMILES string of the molecule is CC(C)(C)c1nc2cc3c(cc2n1CC#N)OCCO3. The van der Waals surface area contributed by atoms with E-state index in [0.29, 0.717) is 13.2 Å². The van der Waals surface area contributed by atoms with Crippen molar-refractivity contribution in [2.45, 2.75) is 32.7 Å². The molecule has 2 heterocycles. The Balaban J connectivity index is 2.26. The molecule has 0 bridgehead atoms. The fourth-order valence-electron chi connectivity index (χ4n) is 2.46. The van der Waals surface area contributed by atoms with Crippen LogP contribution in [-0.2, 0) is 12.0 Å². The predicted octanol–water partition coefficient (Wildman–Crippen LogP) is 2.63. The lowest BCUT2D eigenvalue weighted by Crippen LogP contribution is -2.19. The number of nitriles is 1. The summed E-state index contributed by atoms with van der Waals surface area (Å²) in [6.45, 7) is 7.67. The van der Waals surface area contributed by atoms with Gasteiger partial charge in [0.2, 0.25) is 0 Å². The van der Waals surface area contributed by atoms with Crippen molar-refractivity contribution < 1.29 is 9.47 Å². The molecule has 1 aliphatic rings. The molecule has 0 fully saturated rings. The van der Waals surface area contributed by atoms with Gasteiger partial charge in [-0.25, -0.2) is 4.98 Å². The van der Waals surface area contributed by atoms with Crippen LogP contribution < -0.4 is 9.47 Å². The Hall–Kier alpha value is -2.22. The van der Waals surface area contributed by atoms with E-state index < -0.39 is 0 Å². The normalized spacial score (nSPS) is 14.3. The van der Waals surface area contributed by atoms with Crippen LogP contribution in [0.15, 0.2) is 12.1 Å². The maximum atomic E-state index is 9.07. The van der Waals surface area contributed by atoms with Gasteiger partial charge in [-0.05, 0) is 0 Å². The third-order valence-electron chi connectivity index (χ3n) is 3.31. The summed E-state index contributed by atoms with van der Waals surface area (Å²) >= 11 is 0. The Labute approximate surface area is 117 Å². The molecule has 1 aromatic heterocycles. The van der Waals surface area contributed by atoms with Crippen molar-refractivity contribution in [3.63, 3.8) is 0 Å². The van der Waals surface area contributed by atoms with Gasteiger partial charge in [-0.2, -0.15) is 5.26 Å². The molecule has 0 saturated heterocycles. The lowest BCUT2D eigenvalue weighted by Gasteiger charge is -2.19. The predicted molar refractivity (Wildman–Crippen MR) is 75.0 cm³/mol. The van der Waals surface area contributed by atoms with Crippen LogP contribution in [0.5, 0.6) is 11.5 Å². The second-order valence-electron chi connectivity index (χ2n) is 5.91. The van der Waals surface area contributed by atoms with Crippen LogP contribution >= 0.6 is 0 Å². The summed E-state index contributed by atoms with van der Waals surface area (Å²) in [6.07, 6.45) is 0. The molecule has 2 aromatic rings. The van der Waals surface area contributed by atoms with Crippen LogP contribution in [-0.4, -0.2) is 22.8 Å². The van der Waals surface area contributed by atoms with Gasteiger partial charge in [0.15, 0.2) is 11.5 Å². The second-order valence-corrected chi connectivity index (χ2v) is 5.91. The molecule has 0 atom stereocenters. The van der Waals surface area contributed by atoms with Crippen molar-refractivity contribution in [1.29, 1.82) is 5.26 Å². The first-order valence-electron chi connectivity index (χ1n) is 6.68. The molecule has 104 valence electrons. The Morgan fingerprint density at radius 2 is 1.90 bits per heavy atom. The lowest BCUT2D eigenvalue weighted by atomic mass is 9.96. The van der Waals surface area contributed by atoms with Crippen molar-refractivity contribution in [1.82, 2.24) is 9.55 Å². The van der Waals surface area contributed by atoms with Gasteiger partial charge in [0, 0.05) is 17.5 Å². The van der Waals surface area contributed by atoms with Gasteiger partial charge < -0.3 is 14.0 Å². The molecule has 0 aliphatic carbocycles. The first-order valence-corrected chi connectivity index (χ1v) is 6.68. The molecule has 5 heteroatoms. The third-order valence-corrected chi connectivity index (χ3v) is 3.31. The van der Waals surface area contributed by atoms with Crippen molar-refractivity contribution in [3.05, 3.63) is 18.0 Å². The average molecular weight is 271 g/mol. The van der Waals surface area contributed by atoms with Gasteiger partial charge in [0.25, 0.3) is 0 Å². The number of aromatic nitrogens is 2. The largest absolute Gasteiger partial charge is 0.486 e. The summed E-state index contributed by atoms with van der Waals surface area (Å²) < 4.78 is 13.1. The van der Waals surface area contributed by atoms with Crippen LogP contribution in [0.3, 0.4) is 0 Å². The molecule has 0 radical (unpaired) electrons. The Bertz CT molecular complexity index is 704. The fourth-order valence-corrected chi connectivity index (χ4v) is 2.46. The molecular weight excluding hydrogens is 254 g/mol. The highest BCUT2D eigenvalue weighted by atomic mass is 16.6. The molecule has 0 amide bonds. The summed E-state index contributed by atoms with van der Waals surface area (Å²) in [5, 5.41) is 9.07. The molecule has 0 unspecified atom stereocenters. The van der Waals surface area contributed by atoms with E-state index in [1.54, 1.807) is 0 Å². The minimum Gasteiger partial charge on any atom is -0.486 e. The van der Waals surface area contributed by atoms with Gasteiger partial charge >= 0.3 is 0 Å². The number of nitrogens with zero attached hydrogens (tertiary/aromatic N) is 3. The zero-order chi connectivity index (χ0) is 14.3. The number of fused-ring (bicyclic) bond motifs is 2. The maximum absolute atomic E-state index is 9.07. The topological polar surface area (TPSA) is 60.1 Å². The van der Waals surface area contributed by atoms with Crippen molar-refractivity contribution in [2.24, 2.45) is 0 Å². The first-order chi connectivity index (χ1) is 9.50. The summed E-state index contributed by atoms with van der Waals surface area (Å²) in [5.41, 5.74) is 1.63. The quantitative estimate of drug-likeness (QED) is 0.800. The van der Waals surface area contributed by atoms with Crippen LogP contribution in [0, 0.1) is 11.3 Å². The molecule has 3 rings (SSSR count). The number of imidazole rings is 1. The summed E-state index contributed by atoms with van der Waals surface area (Å²) in [5.74, 6) is 2.35. The van der Waals surface area contributed by atoms with Gasteiger partial charge in [-0.3, -0.25) is 0 Å². The Kier molecular flexibility index (Phi) is 2.82. The lowest BCUT2D eigenvalue weighted by molar-refractivity contribution is 0.172. The van der Waals surface area contributed by atoms with Crippen LogP contribution in [0.4, 0.5) is 0 Å². The molecule has 5 nitrogen and oxygen atoms in total. The fraction of sp³-hybridized carbons (Fsp3) is 0.467. The van der Waals surface area contributed by atoms with E-state index in [2.05, 4.69) is 31.8 Å². The Morgan fingerprint density at radius 3 is 2.50 bits per heavy atom. The van der Waals surface area contributed by atoms with E-state index in [0.717, 1.165) is 28.4 Å². The highest BCUT2D eigenvalue weighted by Crippen LogP contribution is 2.36. The van der Waals surface area contributed by atoms with E-state index in [4.69, 9.17) is 14.7 Å². The molecule has 1 aliphatic heterocycles.